The van der Waals surface area contributed by atoms with Gasteiger partial charge in [-0.15, -0.1) is 6.42 Å². The predicted molar refractivity (Wildman–Crippen MR) is 154 cm³/mol. The number of carbonyl (C=O) groups excluding carboxylic acids is 1. The number of ether oxygens (including phenoxy) is 4. The van der Waals surface area contributed by atoms with Crippen molar-refractivity contribution >= 4 is 5.97 Å². The Hall–Kier alpha value is -3.82. The molecule has 1 aliphatic rings. The molecular formula is C34H37FO5. The highest BCUT2D eigenvalue weighted by atomic mass is 19.1. The third kappa shape index (κ3) is 7.22. The molecule has 1 atom stereocenters. The van der Waals surface area contributed by atoms with Crippen molar-refractivity contribution in [1.29, 1.82) is 0 Å². The lowest BCUT2D eigenvalue weighted by Crippen LogP contribution is -2.26. The van der Waals surface area contributed by atoms with Gasteiger partial charge in [-0.05, 0) is 77.3 Å². The first kappa shape index (κ1) is 29.2. The third-order valence-corrected chi connectivity index (χ3v) is 7.42. The first-order valence-electron chi connectivity index (χ1n) is 13.5. The third-order valence-electron chi connectivity index (χ3n) is 7.42. The molecule has 3 aromatic carbocycles. The Bertz CT molecular complexity index is 1370. The number of rotatable bonds is 13. The molecule has 0 aliphatic heterocycles. The van der Waals surface area contributed by atoms with Crippen molar-refractivity contribution in [2.24, 2.45) is 5.92 Å². The van der Waals surface area contributed by atoms with Crippen molar-refractivity contribution in [1.82, 2.24) is 0 Å². The molecule has 1 fully saturated rings. The summed E-state index contributed by atoms with van der Waals surface area (Å²) in [5.41, 5.74) is 3.68. The van der Waals surface area contributed by atoms with Crippen molar-refractivity contribution in [2.75, 3.05) is 27.4 Å². The number of esters is 1. The Morgan fingerprint density at radius 3 is 2.55 bits per heavy atom. The van der Waals surface area contributed by atoms with Gasteiger partial charge in [0.1, 0.15) is 30.5 Å². The summed E-state index contributed by atoms with van der Waals surface area (Å²) in [4.78, 5) is 12.0. The molecule has 0 radical (unpaired) electrons. The summed E-state index contributed by atoms with van der Waals surface area (Å²) in [6.45, 7) is 4.99. The van der Waals surface area contributed by atoms with Crippen LogP contribution in [0.4, 0.5) is 4.39 Å². The molecule has 5 nitrogen and oxygen atoms in total. The van der Waals surface area contributed by atoms with Crippen molar-refractivity contribution in [3.05, 3.63) is 83.2 Å². The number of terminal acetylenes is 1. The SMILES string of the molecule is C#CCOCC(C)(C)c1cc(COc2cccc(C(CC(=O)OC)C3CC3)c2)ccc1-c1cc(OC)ccc1F. The van der Waals surface area contributed by atoms with E-state index in [0.717, 1.165) is 40.8 Å². The molecule has 0 N–H and O–H groups in total. The minimum Gasteiger partial charge on any atom is -0.497 e. The van der Waals surface area contributed by atoms with E-state index < -0.39 is 5.41 Å². The highest BCUT2D eigenvalue weighted by molar-refractivity contribution is 5.72. The molecule has 0 heterocycles. The van der Waals surface area contributed by atoms with E-state index in [4.69, 9.17) is 25.4 Å². The second kappa shape index (κ2) is 13.0. The fourth-order valence-corrected chi connectivity index (χ4v) is 5.08. The molecular weight excluding hydrogens is 507 g/mol. The fraction of sp³-hybridized carbons (Fsp3) is 0.382. The predicted octanol–water partition coefficient (Wildman–Crippen LogP) is 7.06. The van der Waals surface area contributed by atoms with Gasteiger partial charge in [-0.1, -0.05) is 50.1 Å². The number of benzene rings is 3. The summed E-state index contributed by atoms with van der Waals surface area (Å²) in [5, 5.41) is 0. The van der Waals surface area contributed by atoms with Crippen LogP contribution in [0.2, 0.25) is 0 Å². The number of methoxy groups -OCH3 is 2. The normalized spacial score (nSPS) is 13.8. The van der Waals surface area contributed by atoms with Gasteiger partial charge in [-0.25, -0.2) is 4.39 Å². The summed E-state index contributed by atoms with van der Waals surface area (Å²) in [6, 6.07) is 18.6. The summed E-state index contributed by atoms with van der Waals surface area (Å²) < 4.78 is 37.3. The molecule has 0 spiro atoms. The minimum atomic E-state index is -0.469. The highest BCUT2D eigenvalue weighted by Crippen LogP contribution is 2.45. The molecule has 0 saturated heterocycles. The van der Waals surface area contributed by atoms with Gasteiger partial charge in [0.05, 0.1) is 27.2 Å². The van der Waals surface area contributed by atoms with E-state index in [-0.39, 0.29) is 24.3 Å². The smallest absolute Gasteiger partial charge is 0.306 e. The summed E-state index contributed by atoms with van der Waals surface area (Å²) in [5.74, 6) is 3.91. The zero-order valence-electron chi connectivity index (χ0n) is 23.7. The largest absolute Gasteiger partial charge is 0.497 e. The highest BCUT2D eigenvalue weighted by Gasteiger charge is 2.34. The van der Waals surface area contributed by atoms with Crippen LogP contribution >= 0.6 is 0 Å². The van der Waals surface area contributed by atoms with Crippen LogP contribution in [0, 0.1) is 24.1 Å². The summed E-state index contributed by atoms with van der Waals surface area (Å²) in [6.07, 6.45) is 8.00. The Morgan fingerprint density at radius 2 is 1.85 bits per heavy atom. The van der Waals surface area contributed by atoms with E-state index in [0.29, 0.717) is 36.9 Å². The van der Waals surface area contributed by atoms with Gasteiger partial charge < -0.3 is 18.9 Å². The molecule has 3 aromatic rings. The van der Waals surface area contributed by atoms with Crippen molar-refractivity contribution in [3.8, 4) is 35.0 Å². The molecule has 210 valence electrons. The molecule has 6 heteroatoms. The van der Waals surface area contributed by atoms with E-state index in [2.05, 4.69) is 5.92 Å². The lowest BCUT2D eigenvalue weighted by Gasteiger charge is -2.28. The Labute approximate surface area is 236 Å². The van der Waals surface area contributed by atoms with E-state index >= 15 is 4.39 Å². The van der Waals surface area contributed by atoms with Crippen LogP contribution in [-0.2, 0) is 26.3 Å². The molecule has 1 saturated carbocycles. The van der Waals surface area contributed by atoms with Crippen LogP contribution < -0.4 is 9.47 Å². The Kier molecular flexibility index (Phi) is 9.50. The molecule has 0 aromatic heterocycles. The first-order chi connectivity index (χ1) is 19.2. The first-order valence-corrected chi connectivity index (χ1v) is 13.5. The Balaban J connectivity index is 1.61. The van der Waals surface area contributed by atoms with Gasteiger partial charge in [0.2, 0.25) is 0 Å². The minimum absolute atomic E-state index is 0.128. The average Bonchev–Trinajstić information content (AvgIpc) is 3.80. The maximum absolute atomic E-state index is 15.0. The van der Waals surface area contributed by atoms with Gasteiger partial charge in [-0.3, -0.25) is 4.79 Å². The van der Waals surface area contributed by atoms with Crippen LogP contribution in [0.25, 0.3) is 11.1 Å². The van der Waals surface area contributed by atoms with E-state index in [1.165, 1.54) is 13.2 Å². The van der Waals surface area contributed by atoms with Crippen LogP contribution in [0.3, 0.4) is 0 Å². The lowest BCUT2D eigenvalue weighted by molar-refractivity contribution is -0.141. The summed E-state index contributed by atoms with van der Waals surface area (Å²) >= 11 is 0. The van der Waals surface area contributed by atoms with E-state index in [9.17, 15) is 4.79 Å². The second-order valence-corrected chi connectivity index (χ2v) is 10.9. The van der Waals surface area contributed by atoms with Gasteiger partial charge >= 0.3 is 5.97 Å². The van der Waals surface area contributed by atoms with Crippen molar-refractivity contribution < 1.29 is 28.1 Å². The number of hydrogen-bond acceptors (Lipinski definition) is 5. The van der Waals surface area contributed by atoms with Gasteiger partial charge in [0.15, 0.2) is 0 Å². The van der Waals surface area contributed by atoms with Crippen molar-refractivity contribution in [2.45, 2.75) is 51.0 Å². The maximum atomic E-state index is 15.0. The lowest BCUT2D eigenvalue weighted by atomic mass is 9.79. The van der Waals surface area contributed by atoms with Crippen LogP contribution in [0.1, 0.15) is 55.7 Å². The monoisotopic (exact) mass is 544 g/mol. The zero-order chi connectivity index (χ0) is 28.7. The number of carbonyl (C=O) groups is 1. The van der Waals surface area contributed by atoms with Gasteiger partial charge in [0, 0.05) is 11.0 Å². The standard InChI is InChI=1S/C34H37FO5/c1-6-16-39-22-34(2,3)31-17-23(10-14-28(31)30-19-26(37-4)13-15-32(30)35)21-40-27-9-7-8-25(18-27)29(24-11-12-24)20-33(36)38-5/h1,7-10,13-15,17-19,24,29H,11-12,16,20-22H2,2-5H3. The van der Waals surface area contributed by atoms with Gasteiger partial charge in [-0.2, -0.15) is 0 Å². The van der Waals surface area contributed by atoms with Crippen LogP contribution in [-0.4, -0.2) is 33.4 Å². The zero-order valence-corrected chi connectivity index (χ0v) is 23.7. The second-order valence-electron chi connectivity index (χ2n) is 10.9. The molecule has 1 aliphatic carbocycles. The van der Waals surface area contributed by atoms with Gasteiger partial charge in [0.25, 0.3) is 0 Å². The quantitative estimate of drug-likeness (QED) is 0.131. The summed E-state index contributed by atoms with van der Waals surface area (Å²) in [7, 11) is 2.99. The molecule has 1 unspecified atom stereocenters. The maximum Gasteiger partial charge on any atom is 0.306 e. The Morgan fingerprint density at radius 1 is 1.05 bits per heavy atom. The van der Waals surface area contributed by atoms with E-state index in [1.54, 1.807) is 19.2 Å². The molecule has 40 heavy (non-hydrogen) atoms. The topological polar surface area (TPSA) is 54.0 Å². The van der Waals surface area contributed by atoms with E-state index in [1.807, 2.05) is 56.3 Å². The average molecular weight is 545 g/mol. The number of halogens is 1. The molecule has 0 bridgehead atoms. The van der Waals surface area contributed by atoms with Crippen LogP contribution in [0.15, 0.2) is 60.7 Å². The number of hydrogen-bond donors (Lipinski definition) is 0. The molecule has 4 rings (SSSR count). The molecule has 0 amide bonds. The van der Waals surface area contributed by atoms with Crippen LogP contribution in [0.5, 0.6) is 11.5 Å². The van der Waals surface area contributed by atoms with Crippen molar-refractivity contribution in [3.63, 3.8) is 0 Å². The fourth-order valence-electron chi connectivity index (χ4n) is 5.08.